The summed E-state index contributed by atoms with van der Waals surface area (Å²) in [6.07, 6.45) is 0. The molecule has 0 aliphatic rings. The van der Waals surface area contributed by atoms with Gasteiger partial charge in [-0.1, -0.05) is 0 Å². The third-order valence-corrected chi connectivity index (χ3v) is 0.802. The molecular weight excluding hydrogens is 134 g/mol. The monoisotopic (exact) mass is 145 g/mol. The number of hydrogen-bond acceptors (Lipinski definition) is 5. The van der Waals surface area contributed by atoms with Gasteiger partial charge in [0.15, 0.2) is 0 Å². The van der Waals surface area contributed by atoms with Gasteiger partial charge in [0.1, 0.15) is 12.4 Å². The molecule has 0 aromatic carbocycles. The van der Waals surface area contributed by atoms with E-state index in [1.807, 2.05) is 0 Å². The summed E-state index contributed by atoms with van der Waals surface area (Å²) in [6.45, 7) is 1.23. The molecule has 58 valence electrons. The highest BCUT2D eigenvalue weighted by Crippen LogP contribution is 1.86. The number of esters is 1. The average molecular weight is 145 g/mol. The molecular formula is C5H11N3O2. The third kappa shape index (κ3) is 3.59. The van der Waals surface area contributed by atoms with Crippen LogP contribution in [0.25, 0.3) is 0 Å². The molecule has 0 rings (SSSR count). The maximum atomic E-state index is 10.2. The molecule has 0 aromatic rings. The summed E-state index contributed by atoms with van der Waals surface area (Å²) >= 11 is 0. The van der Waals surface area contributed by atoms with Crippen LogP contribution in [0.5, 0.6) is 0 Å². The summed E-state index contributed by atoms with van der Waals surface area (Å²) in [7, 11) is 0. The lowest BCUT2D eigenvalue weighted by Crippen LogP contribution is -2.21. The molecule has 0 spiro atoms. The molecule has 0 amide bonds. The molecule has 0 heterocycles. The number of carbonyl (C=O) groups is 1. The zero-order valence-electron chi connectivity index (χ0n) is 5.76. The molecule has 5 nitrogen and oxygen atoms in total. The first-order valence-electron chi connectivity index (χ1n) is 2.67. The van der Waals surface area contributed by atoms with Crippen LogP contribution in [0.1, 0.15) is 6.92 Å². The fourth-order valence-corrected chi connectivity index (χ4v) is 0.263. The summed E-state index contributed by atoms with van der Waals surface area (Å²) in [6, 6.07) is 0. The quantitative estimate of drug-likeness (QED) is 0.414. The van der Waals surface area contributed by atoms with Gasteiger partial charge in [-0.05, 0) is 0 Å². The van der Waals surface area contributed by atoms with Crippen LogP contribution < -0.4 is 17.2 Å². The second-order valence-electron chi connectivity index (χ2n) is 1.76. The predicted molar refractivity (Wildman–Crippen MR) is 36.2 cm³/mol. The standard InChI is InChI=1S/C5H11N3O2/c1-3(9)10-2-4(6)5(7)8/h2,6-8H2,1H3. The van der Waals surface area contributed by atoms with Gasteiger partial charge in [-0.15, -0.1) is 0 Å². The predicted octanol–water partition coefficient (Wildman–Crippen LogP) is -1.41. The molecule has 6 N–H and O–H groups in total. The maximum absolute atomic E-state index is 10.2. The zero-order chi connectivity index (χ0) is 8.15. The van der Waals surface area contributed by atoms with Crippen LogP contribution in [0.4, 0.5) is 0 Å². The van der Waals surface area contributed by atoms with Crippen molar-refractivity contribution in [3.05, 3.63) is 11.5 Å². The van der Waals surface area contributed by atoms with E-state index in [1.54, 1.807) is 0 Å². The van der Waals surface area contributed by atoms with Crippen molar-refractivity contribution in [2.45, 2.75) is 6.92 Å². The van der Waals surface area contributed by atoms with Gasteiger partial charge in [0.05, 0.1) is 5.70 Å². The van der Waals surface area contributed by atoms with Crippen molar-refractivity contribution in [1.29, 1.82) is 0 Å². The Morgan fingerprint density at radius 3 is 2.20 bits per heavy atom. The minimum Gasteiger partial charge on any atom is -0.459 e. The van der Waals surface area contributed by atoms with E-state index in [1.165, 1.54) is 6.92 Å². The highest BCUT2D eigenvalue weighted by Gasteiger charge is 1.96. The lowest BCUT2D eigenvalue weighted by molar-refractivity contribution is -0.140. The Bertz CT molecular complexity index is 160. The summed E-state index contributed by atoms with van der Waals surface area (Å²) in [5.74, 6) is -0.426. The van der Waals surface area contributed by atoms with Crippen molar-refractivity contribution in [3.63, 3.8) is 0 Å². The lowest BCUT2D eigenvalue weighted by Gasteiger charge is -2.02. The van der Waals surface area contributed by atoms with E-state index in [0.29, 0.717) is 0 Å². The van der Waals surface area contributed by atoms with E-state index in [0.717, 1.165) is 0 Å². The highest BCUT2D eigenvalue weighted by molar-refractivity contribution is 5.66. The Morgan fingerprint density at radius 2 is 1.90 bits per heavy atom. The van der Waals surface area contributed by atoms with E-state index < -0.39 is 5.97 Å². The van der Waals surface area contributed by atoms with Crippen molar-refractivity contribution in [1.82, 2.24) is 0 Å². The molecule has 0 aliphatic heterocycles. The SMILES string of the molecule is CC(=O)OCC(N)=C(N)N. The minimum atomic E-state index is -0.413. The smallest absolute Gasteiger partial charge is 0.303 e. The Labute approximate surface area is 58.8 Å². The summed E-state index contributed by atoms with van der Waals surface area (Å²) in [4.78, 5) is 10.2. The minimum absolute atomic E-state index is 0.0127. The Kier molecular flexibility index (Phi) is 3.10. The second kappa shape index (κ2) is 3.60. The van der Waals surface area contributed by atoms with Gasteiger partial charge in [0.2, 0.25) is 0 Å². The number of hydrogen-bond donors (Lipinski definition) is 3. The van der Waals surface area contributed by atoms with Crippen molar-refractivity contribution >= 4 is 5.97 Å². The van der Waals surface area contributed by atoms with Gasteiger partial charge in [0.25, 0.3) is 0 Å². The number of nitrogens with two attached hydrogens (primary N) is 3. The molecule has 0 unspecified atom stereocenters. The molecule has 10 heavy (non-hydrogen) atoms. The first kappa shape index (κ1) is 8.61. The average Bonchev–Trinajstić information content (AvgIpc) is 1.82. The maximum Gasteiger partial charge on any atom is 0.303 e. The van der Waals surface area contributed by atoms with E-state index >= 15 is 0 Å². The lowest BCUT2D eigenvalue weighted by atomic mass is 10.5. The summed E-state index contributed by atoms with van der Waals surface area (Å²) in [5, 5.41) is 0. The van der Waals surface area contributed by atoms with Crippen molar-refractivity contribution in [2.75, 3.05) is 6.61 Å². The van der Waals surface area contributed by atoms with Crippen LogP contribution >= 0.6 is 0 Å². The Balaban J connectivity index is 3.71. The van der Waals surface area contributed by atoms with E-state index in [2.05, 4.69) is 4.74 Å². The fourth-order valence-electron chi connectivity index (χ4n) is 0.263. The van der Waals surface area contributed by atoms with Crippen LogP contribution in [-0.4, -0.2) is 12.6 Å². The third-order valence-electron chi connectivity index (χ3n) is 0.802. The summed E-state index contributed by atoms with van der Waals surface area (Å²) in [5.41, 5.74) is 15.5. The number of ether oxygens (including phenoxy) is 1. The van der Waals surface area contributed by atoms with Gasteiger partial charge in [-0.25, -0.2) is 0 Å². The van der Waals surface area contributed by atoms with Crippen molar-refractivity contribution in [3.8, 4) is 0 Å². The van der Waals surface area contributed by atoms with Crippen molar-refractivity contribution in [2.24, 2.45) is 17.2 Å². The number of rotatable bonds is 2. The van der Waals surface area contributed by atoms with Crippen LogP contribution in [0, 0.1) is 0 Å². The fraction of sp³-hybridized carbons (Fsp3) is 0.400. The molecule has 0 saturated heterocycles. The first-order valence-corrected chi connectivity index (χ1v) is 2.67. The Hall–Kier alpha value is -1.39. The van der Waals surface area contributed by atoms with Gasteiger partial charge in [-0.3, -0.25) is 4.79 Å². The Morgan fingerprint density at radius 1 is 1.40 bits per heavy atom. The molecule has 0 fully saturated rings. The van der Waals surface area contributed by atoms with Gasteiger partial charge in [-0.2, -0.15) is 0 Å². The van der Waals surface area contributed by atoms with E-state index in [-0.39, 0.29) is 18.1 Å². The molecule has 0 bridgehead atoms. The van der Waals surface area contributed by atoms with Crippen LogP contribution in [0.2, 0.25) is 0 Å². The first-order chi connectivity index (χ1) is 4.54. The van der Waals surface area contributed by atoms with E-state index in [9.17, 15) is 4.79 Å². The zero-order valence-corrected chi connectivity index (χ0v) is 5.76. The molecule has 0 radical (unpaired) electrons. The molecule has 0 saturated carbocycles. The highest BCUT2D eigenvalue weighted by atomic mass is 16.5. The van der Waals surface area contributed by atoms with Crippen LogP contribution in [0.3, 0.4) is 0 Å². The topological polar surface area (TPSA) is 104 Å². The van der Waals surface area contributed by atoms with Crippen LogP contribution in [-0.2, 0) is 9.53 Å². The molecule has 5 heteroatoms. The van der Waals surface area contributed by atoms with E-state index in [4.69, 9.17) is 17.2 Å². The van der Waals surface area contributed by atoms with Gasteiger partial charge < -0.3 is 21.9 Å². The molecule has 0 atom stereocenters. The number of carbonyl (C=O) groups excluding carboxylic acids is 1. The van der Waals surface area contributed by atoms with Gasteiger partial charge >= 0.3 is 5.97 Å². The molecule has 0 aliphatic carbocycles. The van der Waals surface area contributed by atoms with Crippen LogP contribution in [0.15, 0.2) is 11.5 Å². The van der Waals surface area contributed by atoms with Crippen molar-refractivity contribution < 1.29 is 9.53 Å². The van der Waals surface area contributed by atoms with Gasteiger partial charge in [0, 0.05) is 6.92 Å². The largest absolute Gasteiger partial charge is 0.459 e. The second-order valence-corrected chi connectivity index (χ2v) is 1.76. The summed E-state index contributed by atoms with van der Waals surface area (Å²) < 4.78 is 4.48. The normalized spacial score (nSPS) is 8.50. The molecule has 0 aromatic heterocycles.